The van der Waals surface area contributed by atoms with Crippen molar-refractivity contribution in [3.63, 3.8) is 0 Å². The molecule has 4 aromatic carbocycles. The van der Waals surface area contributed by atoms with E-state index in [0.29, 0.717) is 22.4 Å². The average molecular weight is 609 g/mol. The van der Waals surface area contributed by atoms with E-state index >= 15 is 0 Å². The SMILES string of the molecule is O=C(NOc1ccccc1)c1cc(S(=O)(=O)Nc2nc3ccccc3c(=O)[nH]2)c(SCOc2ccccc2)cc1Cl. The van der Waals surface area contributed by atoms with E-state index < -0.39 is 21.5 Å². The summed E-state index contributed by atoms with van der Waals surface area (Å²) in [5.41, 5.74) is 1.89. The van der Waals surface area contributed by atoms with Crippen LogP contribution in [0.15, 0.2) is 112 Å². The first-order chi connectivity index (χ1) is 19.8. The number of H-pyrrole nitrogens is 1. The number of benzene rings is 4. The predicted molar refractivity (Wildman–Crippen MR) is 157 cm³/mol. The Kier molecular flexibility index (Phi) is 8.43. The maximum absolute atomic E-state index is 13.6. The number of halogens is 1. The highest BCUT2D eigenvalue weighted by atomic mass is 35.5. The van der Waals surface area contributed by atoms with Crippen LogP contribution in [0.2, 0.25) is 5.02 Å². The number of anilines is 1. The standard InChI is InChI=1S/C28H21ClN4O6S2/c29-22-16-24(40-17-38-18-9-3-1-4-10-18)25(15-21(22)27(35)32-39-19-11-5-2-6-12-19)41(36,37)33-28-30-23-14-8-7-13-20(23)26(34)31-28/h1-16H,17H2,(H,32,35)(H2,30,31,33,34). The first-order valence-corrected chi connectivity index (χ1v) is 14.8. The maximum Gasteiger partial charge on any atom is 0.285 e. The van der Waals surface area contributed by atoms with Gasteiger partial charge in [-0.05, 0) is 48.5 Å². The Morgan fingerprint density at radius 1 is 0.927 bits per heavy atom. The summed E-state index contributed by atoms with van der Waals surface area (Å²) in [6.45, 7) is 0. The van der Waals surface area contributed by atoms with Gasteiger partial charge < -0.3 is 9.57 Å². The molecule has 41 heavy (non-hydrogen) atoms. The van der Waals surface area contributed by atoms with Gasteiger partial charge in [0.1, 0.15) is 16.6 Å². The van der Waals surface area contributed by atoms with Crippen LogP contribution in [-0.2, 0) is 10.0 Å². The number of carbonyl (C=O) groups excluding carboxylic acids is 1. The second-order valence-corrected chi connectivity index (χ2v) is 11.4. The van der Waals surface area contributed by atoms with Crippen LogP contribution in [0.3, 0.4) is 0 Å². The van der Waals surface area contributed by atoms with Gasteiger partial charge in [-0.25, -0.2) is 18.1 Å². The number of hydrogen-bond donors (Lipinski definition) is 3. The lowest BCUT2D eigenvalue weighted by molar-refractivity contribution is 0.0760. The molecule has 0 fully saturated rings. The molecule has 1 aromatic heterocycles. The highest BCUT2D eigenvalue weighted by Crippen LogP contribution is 2.33. The third kappa shape index (κ3) is 6.80. The van der Waals surface area contributed by atoms with Gasteiger partial charge in [0, 0.05) is 4.90 Å². The number of rotatable bonds is 10. The molecule has 5 aromatic rings. The number of ether oxygens (including phenoxy) is 1. The van der Waals surface area contributed by atoms with Gasteiger partial charge in [0.25, 0.3) is 21.5 Å². The number of aromatic amines is 1. The molecule has 208 valence electrons. The van der Waals surface area contributed by atoms with E-state index in [2.05, 4.69) is 20.2 Å². The minimum atomic E-state index is -4.40. The molecule has 10 nitrogen and oxygen atoms in total. The number of nitrogens with zero attached hydrogens (tertiary/aromatic N) is 1. The third-order valence-electron chi connectivity index (χ3n) is 5.60. The van der Waals surface area contributed by atoms with E-state index in [9.17, 15) is 18.0 Å². The second-order valence-electron chi connectivity index (χ2n) is 8.38. The van der Waals surface area contributed by atoms with Crippen molar-refractivity contribution in [2.24, 2.45) is 0 Å². The van der Waals surface area contributed by atoms with Crippen molar-refractivity contribution in [3.8, 4) is 11.5 Å². The molecule has 3 N–H and O–H groups in total. The van der Waals surface area contributed by atoms with Crippen molar-refractivity contribution in [1.82, 2.24) is 15.4 Å². The molecule has 13 heteroatoms. The van der Waals surface area contributed by atoms with Crippen molar-refractivity contribution in [2.45, 2.75) is 9.79 Å². The van der Waals surface area contributed by atoms with Gasteiger partial charge in [-0.1, -0.05) is 71.9 Å². The van der Waals surface area contributed by atoms with Crippen LogP contribution in [0.25, 0.3) is 10.9 Å². The zero-order valence-corrected chi connectivity index (χ0v) is 23.4. The van der Waals surface area contributed by atoms with E-state index in [1.807, 2.05) is 6.07 Å². The fourth-order valence-corrected chi connectivity index (χ4v) is 6.28. The smallest absolute Gasteiger partial charge is 0.285 e. The second kappa shape index (κ2) is 12.3. The van der Waals surface area contributed by atoms with E-state index in [1.54, 1.807) is 78.9 Å². The largest absolute Gasteiger partial charge is 0.483 e. The summed E-state index contributed by atoms with van der Waals surface area (Å²) in [5, 5.41) is 0.283. The van der Waals surface area contributed by atoms with Gasteiger partial charge in [-0.15, -0.1) is 0 Å². The molecule has 0 aliphatic rings. The van der Waals surface area contributed by atoms with Gasteiger partial charge in [0.2, 0.25) is 5.95 Å². The molecule has 0 unspecified atom stereocenters. The van der Waals surface area contributed by atoms with Crippen LogP contribution in [0.4, 0.5) is 5.95 Å². The van der Waals surface area contributed by atoms with E-state index in [0.717, 1.165) is 17.8 Å². The lowest BCUT2D eigenvalue weighted by Gasteiger charge is -2.15. The summed E-state index contributed by atoms with van der Waals surface area (Å²) in [6.07, 6.45) is 0. The summed E-state index contributed by atoms with van der Waals surface area (Å²) < 4.78 is 35.3. The molecule has 0 aliphatic carbocycles. The highest BCUT2D eigenvalue weighted by molar-refractivity contribution is 8.00. The van der Waals surface area contributed by atoms with Gasteiger partial charge in [-0.3, -0.25) is 14.6 Å². The molecular formula is C28H21ClN4O6S2. The number of hydrogen-bond acceptors (Lipinski definition) is 8. The number of sulfonamides is 1. The Bertz CT molecular complexity index is 1870. The normalized spacial score (nSPS) is 11.1. The van der Waals surface area contributed by atoms with Crippen molar-refractivity contribution in [3.05, 3.63) is 118 Å². The van der Waals surface area contributed by atoms with E-state index in [-0.39, 0.29) is 32.3 Å². The molecule has 0 saturated carbocycles. The summed E-state index contributed by atoms with van der Waals surface area (Å²) >= 11 is 7.47. The molecule has 0 atom stereocenters. The summed E-state index contributed by atoms with van der Waals surface area (Å²) in [7, 11) is -4.40. The van der Waals surface area contributed by atoms with Gasteiger partial charge in [0.05, 0.1) is 21.5 Å². The van der Waals surface area contributed by atoms with Gasteiger partial charge >= 0.3 is 0 Å². The minimum Gasteiger partial charge on any atom is -0.483 e. The quantitative estimate of drug-likeness (QED) is 0.111. The van der Waals surface area contributed by atoms with Gasteiger partial charge in [-0.2, -0.15) is 5.48 Å². The highest BCUT2D eigenvalue weighted by Gasteiger charge is 2.25. The molecule has 1 amide bonds. The number of nitrogens with one attached hydrogen (secondary N) is 3. The number of fused-ring (bicyclic) bond motifs is 1. The Labute approximate surface area is 243 Å². The van der Waals surface area contributed by atoms with Crippen LogP contribution >= 0.6 is 23.4 Å². The van der Waals surface area contributed by atoms with Crippen molar-refractivity contribution >= 4 is 56.1 Å². The molecule has 5 rings (SSSR count). The molecular weight excluding hydrogens is 588 g/mol. The van der Waals surface area contributed by atoms with Crippen LogP contribution < -0.4 is 25.3 Å². The number of hydroxylamine groups is 1. The lowest BCUT2D eigenvalue weighted by Crippen LogP contribution is -2.28. The molecule has 0 saturated heterocycles. The maximum atomic E-state index is 13.6. The van der Waals surface area contributed by atoms with Crippen LogP contribution in [-0.4, -0.2) is 30.2 Å². The molecule has 0 aliphatic heterocycles. The number of para-hydroxylation sites is 3. The van der Waals surface area contributed by atoms with Crippen molar-refractivity contribution in [2.75, 3.05) is 10.7 Å². The molecule has 0 bridgehead atoms. The number of carbonyl (C=O) groups is 1. The van der Waals surface area contributed by atoms with Crippen LogP contribution in [0.5, 0.6) is 11.5 Å². The van der Waals surface area contributed by atoms with Crippen LogP contribution in [0.1, 0.15) is 10.4 Å². The van der Waals surface area contributed by atoms with E-state index in [1.165, 1.54) is 6.07 Å². The summed E-state index contributed by atoms with van der Waals surface area (Å²) in [5.74, 6) is -0.0804. The Morgan fingerprint density at radius 3 is 2.32 bits per heavy atom. The number of amides is 1. The number of aromatic nitrogens is 2. The summed E-state index contributed by atoms with van der Waals surface area (Å²) in [6, 6.07) is 26.4. The fourth-order valence-electron chi connectivity index (χ4n) is 3.68. The summed E-state index contributed by atoms with van der Waals surface area (Å²) in [4.78, 5) is 37.3. The average Bonchev–Trinajstić information content (AvgIpc) is 2.97. The first-order valence-electron chi connectivity index (χ1n) is 12.0. The Hall–Kier alpha value is -4.52. The van der Waals surface area contributed by atoms with Crippen LogP contribution in [0, 0.1) is 0 Å². The van der Waals surface area contributed by atoms with Gasteiger partial charge in [0.15, 0.2) is 5.75 Å². The predicted octanol–water partition coefficient (Wildman–Crippen LogP) is 5.23. The Balaban J connectivity index is 1.47. The molecule has 0 radical (unpaired) electrons. The first kappa shape index (κ1) is 28.0. The zero-order valence-electron chi connectivity index (χ0n) is 21.0. The minimum absolute atomic E-state index is 0.0161. The van der Waals surface area contributed by atoms with E-state index in [4.69, 9.17) is 21.2 Å². The van der Waals surface area contributed by atoms with Crippen molar-refractivity contribution in [1.29, 1.82) is 0 Å². The Morgan fingerprint density at radius 2 is 1.59 bits per heavy atom. The zero-order chi connectivity index (χ0) is 28.8. The monoisotopic (exact) mass is 608 g/mol. The number of thioether (sulfide) groups is 1. The fraction of sp³-hybridized carbons (Fsp3) is 0.0357. The van der Waals surface area contributed by atoms with Crippen molar-refractivity contribution < 1.29 is 22.8 Å². The lowest BCUT2D eigenvalue weighted by atomic mass is 10.2. The molecule has 0 spiro atoms. The topological polar surface area (TPSA) is 139 Å². The third-order valence-corrected chi connectivity index (χ3v) is 8.30. The molecule has 1 heterocycles.